The van der Waals surface area contributed by atoms with Crippen molar-refractivity contribution < 1.29 is 0 Å². The average molecular weight is 654 g/mol. The molecule has 0 amide bonds. The molecule has 0 fully saturated rings. The van der Waals surface area contributed by atoms with Gasteiger partial charge in [0.15, 0.2) is 0 Å². The molecule has 0 radical (unpaired) electrons. The summed E-state index contributed by atoms with van der Waals surface area (Å²) >= 11 is 0. The molecule has 244 valence electrons. The van der Waals surface area contributed by atoms with Gasteiger partial charge in [0.05, 0.1) is 17.1 Å². The number of para-hydroxylation sites is 1. The van der Waals surface area contributed by atoms with Crippen LogP contribution in [0, 0.1) is 0 Å². The van der Waals surface area contributed by atoms with Gasteiger partial charge >= 0.3 is 0 Å². The maximum absolute atomic E-state index is 2.61. The van der Waals surface area contributed by atoms with Crippen LogP contribution in [0.25, 0.3) is 44.5 Å². The van der Waals surface area contributed by atoms with Crippen LogP contribution in [0.1, 0.15) is 73.6 Å². The summed E-state index contributed by atoms with van der Waals surface area (Å²) < 4.78 is 0. The van der Waals surface area contributed by atoms with E-state index >= 15 is 0 Å². The van der Waals surface area contributed by atoms with Gasteiger partial charge < -0.3 is 4.90 Å². The van der Waals surface area contributed by atoms with Gasteiger partial charge in [0, 0.05) is 21.8 Å². The number of hydrogen-bond acceptors (Lipinski definition) is 1. The molecule has 1 atom stereocenters. The quantitative estimate of drug-likeness (QED) is 0.179. The molecule has 1 aliphatic heterocycles. The molecule has 0 bridgehead atoms. The predicted octanol–water partition coefficient (Wildman–Crippen LogP) is 13.1. The molecular formula is C50H39N. The SMILES string of the molecule is CC1(C)c2ccccc2-c2cc3c(cc21)C1(C)c2ccccc2-c2cccc(c21)N3c1ccccc1-c1cccc2c1-c1ccccc1C2(C)C. The van der Waals surface area contributed by atoms with Crippen LogP contribution in [0.3, 0.4) is 0 Å². The summed E-state index contributed by atoms with van der Waals surface area (Å²) in [7, 11) is 0. The van der Waals surface area contributed by atoms with Crippen molar-refractivity contribution in [3.05, 3.63) is 185 Å². The fourth-order valence-corrected chi connectivity index (χ4v) is 10.6. The molecule has 3 aliphatic carbocycles. The Labute approximate surface area is 300 Å². The summed E-state index contributed by atoms with van der Waals surface area (Å²) in [6, 6.07) is 55.3. The first kappa shape index (κ1) is 29.1. The maximum atomic E-state index is 2.61. The molecule has 0 N–H and O–H groups in total. The lowest BCUT2D eigenvalue weighted by atomic mass is 9.68. The van der Waals surface area contributed by atoms with E-state index in [1.165, 1.54) is 101 Å². The highest BCUT2D eigenvalue weighted by atomic mass is 15.2. The minimum Gasteiger partial charge on any atom is -0.309 e. The Balaban J connectivity index is 1.25. The second kappa shape index (κ2) is 9.56. The molecule has 51 heavy (non-hydrogen) atoms. The van der Waals surface area contributed by atoms with Gasteiger partial charge in [-0.1, -0.05) is 155 Å². The van der Waals surface area contributed by atoms with E-state index < -0.39 is 0 Å². The number of rotatable bonds is 2. The number of anilines is 3. The molecule has 0 saturated heterocycles. The molecule has 0 aromatic heterocycles. The number of nitrogens with zero attached hydrogens (tertiary/aromatic N) is 1. The molecule has 1 heterocycles. The van der Waals surface area contributed by atoms with Crippen LogP contribution >= 0.6 is 0 Å². The van der Waals surface area contributed by atoms with Crippen molar-refractivity contribution in [1.29, 1.82) is 0 Å². The lowest BCUT2D eigenvalue weighted by molar-refractivity contribution is 0.650. The van der Waals surface area contributed by atoms with E-state index in [9.17, 15) is 0 Å². The first-order valence-electron chi connectivity index (χ1n) is 18.4. The number of fused-ring (bicyclic) bond motifs is 11. The third-order valence-electron chi connectivity index (χ3n) is 13.1. The lowest BCUT2D eigenvalue weighted by Gasteiger charge is -2.43. The average Bonchev–Trinajstić information content (AvgIpc) is 3.66. The van der Waals surface area contributed by atoms with Crippen molar-refractivity contribution >= 4 is 17.1 Å². The van der Waals surface area contributed by atoms with Crippen LogP contribution in [0.15, 0.2) is 146 Å². The van der Waals surface area contributed by atoms with Gasteiger partial charge in [0.25, 0.3) is 0 Å². The van der Waals surface area contributed by atoms with Crippen LogP contribution in [-0.2, 0) is 16.2 Å². The van der Waals surface area contributed by atoms with Gasteiger partial charge in [-0.25, -0.2) is 0 Å². The van der Waals surface area contributed by atoms with E-state index in [2.05, 4.69) is 185 Å². The fraction of sp³-hybridized carbons (Fsp3) is 0.160. The van der Waals surface area contributed by atoms with Crippen LogP contribution in [0.4, 0.5) is 17.1 Å². The van der Waals surface area contributed by atoms with E-state index in [0.717, 1.165) is 0 Å². The van der Waals surface area contributed by atoms with Crippen LogP contribution in [-0.4, -0.2) is 0 Å². The predicted molar refractivity (Wildman–Crippen MR) is 213 cm³/mol. The third kappa shape index (κ3) is 3.43. The van der Waals surface area contributed by atoms with Gasteiger partial charge in [-0.05, 0) is 103 Å². The second-order valence-electron chi connectivity index (χ2n) is 16.2. The Hall–Kier alpha value is -5.66. The molecule has 4 aliphatic rings. The smallest absolute Gasteiger partial charge is 0.0540 e. The molecule has 0 saturated carbocycles. The van der Waals surface area contributed by atoms with Gasteiger partial charge in [-0.15, -0.1) is 0 Å². The number of benzene rings is 7. The lowest BCUT2D eigenvalue weighted by Crippen LogP contribution is -2.33. The van der Waals surface area contributed by atoms with E-state index in [1.54, 1.807) is 0 Å². The Morgan fingerprint density at radius 1 is 0.333 bits per heavy atom. The van der Waals surface area contributed by atoms with Gasteiger partial charge in [-0.3, -0.25) is 0 Å². The minimum atomic E-state index is -0.292. The second-order valence-corrected chi connectivity index (χ2v) is 16.2. The highest BCUT2D eigenvalue weighted by Crippen LogP contribution is 2.65. The van der Waals surface area contributed by atoms with Gasteiger partial charge in [0.1, 0.15) is 0 Å². The topological polar surface area (TPSA) is 3.24 Å². The minimum absolute atomic E-state index is 0.0663. The van der Waals surface area contributed by atoms with Crippen molar-refractivity contribution in [2.75, 3.05) is 4.90 Å². The molecular weight excluding hydrogens is 615 g/mol. The standard InChI is InChI=1S/C50H39N/c1-48(2)38-23-11-8-19-35(38)46-33(20-14-25-40(46)48)32-18-9-13-26-43(32)51-44-27-15-21-34-30-16-7-12-24-39(30)50(5,47(34)44)42-29-41-36(28-45(42)51)31-17-6-10-22-37(31)49(41,3)4/h6-29H,1-5H3. The molecule has 7 aromatic rings. The first-order valence-corrected chi connectivity index (χ1v) is 18.4. The first-order chi connectivity index (χ1) is 24.7. The van der Waals surface area contributed by atoms with Crippen LogP contribution in [0.2, 0.25) is 0 Å². The van der Waals surface area contributed by atoms with Crippen molar-refractivity contribution in [3.63, 3.8) is 0 Å². The van der Waals surface area contributed by atoms with E-state index in [-0.39, 0.29) is 16.2 Å². The summed E-state index contributed by atoms with van der Waals surface area (Å²) in [5.41, 5.74) is 23.8. The summed E-state index contributed by atoms with van der Waals surface area (Å²) in [5, 5.41) is 0. The summed E-state index contributed by atoms with van der Waals surface area (Å²) in [4.78, 5) is 2.61. The van der Waals surface area contributed by atoms with E-state index in [1.807, 2.05) is 0 Å². The van der Waals surface area contributed by atoms with Crippen molar-refractivity contribution in [3.8, 4) is 44.5 Å². The van der Waals surface area contributed by atoms with Gasteiger partial charge in [-0.2, -0.15) is 0 Å². The zero-order chi connectivity index (χ0) is 34.4. The van der Waals surface area contributed by atoms with Gasteiger partial charge in [0.2, 0.25) is 0 Å². The molecule has 0 spiro atoms. The molecule has 1 heteroatoms. The maximum Gasteiger partial charge on any atom is 0.0540 e. The molecule has 7 aromatic carbocycles. The molecule has 11 rings (SSSR count). The summed E-state index contributed by atoms with van der Waals surface area (Å²) in [6.45, 7) is 12.0. The highest BCUT2D eigenvalue weighted by molar-refractivity contribution is 6.03. The molecule has 1 unspecified atom stereocenters. The van der Waals surface area contributed by atoms with Crippen LogP contribution < -0.4 is 4.90 Å². The third-order valence-corrected chi connectivity index (χ3v) is 13.1. The Morgan fingerprint density at radius 3 is 1.61 bits per heavy atom. The zero-order valence-corrected chi connectivity index (χ0v) is 29.8. The van der Waals surface area contributed by atoms with E-state index in [4.69, 9.17) is 0 Å². The fourth-order valence-electron chi connectivity index (χ4n) is 10.6. The Morgan fingerprint density at radius 2 is 0.843 bits per heavy atom. The van der Waals surface area contributed by atoms with Crippen molar-refractivity contribution in [2.24, 2.45) is 0 Å². The number of hydrogen-bond donors (Lipinski definition) is 0. The Bertz CT molecular complexity index is 2670. The van der Waals surface area contributed by atoms with Crippen molar-refractivity contribution in [1.82, 2.24) is 0 Å². The summed E-state index contributed by atoms with van der Waals surface area (Å²) in [6.07, 6.45) is 0. The molecule has 1 nitrogen and oxygen atoms in total. The summed E-state index contributed by atoms with van der Waals surface area (Å²) in [5.74, 6) is 0. The van der Waals surface area contributed by atoms with Crippen molar-refractivity contribution in [2.45, 2.75) is 50.9 Å². The monoisotopic (exact) mass is 653 g/mol. The normalized spacial score (nSPS) is 18.6. The van der Waals surface area contributed by atoms with Crippen LogP contribution in [0.5, 0.6) is 0 Å². The highest BCUT2D eigenvalue weighted by Gasteiger charge is 2.50. The largest absolute Gasteiger partial charge is 0.309 e. The Kier molecular flexibility index (Phi) is 5.46. The van der Waals surface area contributed by atoms with E-state index in [0.29, 0.717) is 0 Å². The zero-order valence-electron chi connectivity index (χ0n) is 29.8.